The van der Waals surface area contributed by atoms with Gasteiger partial charge in [-0.05, 0) is 24.6 Å². The van der Waals surface area contributed by atoms with Gasteiger partial charge in [-0.1, -0.05) is 18.2 Å². The first-order valence-electron chi connectivity index (χ1n) is 6.22. The molecule has 104 valence electrons. The standard InChI is InChI=1S/C15H16N2O3/c1-11-7-13(9-14(8-11)17(18)19)16-10-12-5-3-4-6-15(12)20-2/h3-9,16H,10H2,1-2H3. The fourth-order valence-electron chi connectivity index (χ4n) is 2.02. The molecule has 5 nitrogen and oxygen atoms in total. The molecule has 0 heterocycles. The van der Waals surface area contributed by atoms with E-state index in [-0.39, 0.29) is 10.6 Å². The molecule has 20 heavy (non-hydrogen) atoms. The zero-order valence-corrected chi connectivity index (χ0v) is 11.4. The maximum atomic E-state index is 10.8. The molecule has 1 N–H and O–H groups in total. The fourth-order valence-corrected chi connectivity index (χ4v) is 2.02. The number of ether oxygens (including phenoxy) is 1. The van der Waals surface area contributed by atoms with Gasteiger partial charge in [0, 0.05) is 29.9 Å². The van der Waals surface area contributed by atoms with Crippen molar-refractivity contribution >= 4 is 11.4 Å². The summed E-state index contributed by atoms with van der Waals surface area (Å²) in [7, 11) is 1.62. The van der Waals surface area contributed by atoms with E-state index in [1.165, 1.54) is 6.07 Å². The molecule has 0 atom stereocenters. The summed E-state index contributed by atoms with van der Waals surface area (Å²) in [6.07, 6.45) is 0. The van der Waals surface area contributed by atoms with E-state index in [0.29, 0.717) is 6.54 Å². The van der Waals surface area contributed by atoms with Crippen LogP contribution in [0.3, 0.4) is 0 Å². The van der Waals surface area contributed by atoms with Crippen molar-refractivity contribution in [2.24, 2.45) is 0 Å². The lowest BCUT2D eigenvalue weighted by molar-refractivity contribution is -0.384. The number of para-hydroxylation sites is 1. The maximum absolute atomic E-state index is 10.8. The van der Waals surface area contributed by atoms with Crippen molar-refractivity contribution in [2.45, 2.75) is 13.5 Å². The number of nitro benzene ring substituents is 1. The second-order valence-corrected chi connectivity index (χ2v) is 4.48. The van der Waals surface area contributed by atoms with Crippen LogP contribution in [0, 0.1) is 17.0 Å². The molecular weight excluding hydrogens is 256 g/mol. The van der Waals surface area contributed by atoms with Crippen molar-refractivity contribution in [3.8, 4) is 5.75 Å². The van der Waals surface area contributed by atoms with Crippen molar-refractivity contribution in [1.82, 2.24) is 0 Å². The predicted octanol–water partition coefficient (Wildman–Crippen LogP) is 3.52. The quantitative estimate of drug-likeness (QED) is 0.668. The number of nitrogens with zero attached hydrogens (tertiary/aromatic N) is 1. The van der Waals surface area contributed by atoms with E-state index in [4.69, 9.17) is 4.74 Å². The molecule has 0 bridgehead atoms. The van der Waals surface area contributed by atoms with Gasteiger partial charge in [-0.3, -0.25) is 10.1 Å². The topological polar surface area (TPSA) is 64.4 Å². The van der Waals surface area contributed by atoms with Gasteiger partial charge in [-0.2, -0.15) is 0 Å². The van der Waals surface area contributed by atoms with E-state index in [9.17, 15) is 10.1 Å². The normalized spacial score (nSPS) is 10.1. The molecule has 5 heteroatoms. The molecular formula is C15H16N2O3. The number of aryl methyl sites for hydroxylation is 1. The Bertz CT molecular complexity index is 626. The van der Waals surface area contributed by atoms with Crippen molar-refractivity contribution < 1.29 is 9.66 Å². The average Bonchev–Trinajstić information content (AvgIpc) is 2.44. The Kier molecular flexibility index (Phi) is 4.20. The van der Waals surface area contributed by atoms with Crippen LogP contribution in [-0.2, 0) is 6.54 Å². The molecule has 0 fully saturated rings. The Morgan fingerprint density at radius 1 is 1.25 bits per heavy atom. The zero-order valence-electron chi connectivity index (χ0n) is 11.4. The van der Waals surface area contributed by atoms with Gasteiger partial charge in [0.25, 0.3) is 5.69 Å². The van der Waals surface area contributed by atoms with Crippen LogP contribution in [0.15, 0.2) is 42.5 Å². The number of benzene rings is 2. The third-order valence-corrected chi connectivity index (χ3v) is 2.95. The predicted molar refractivity (Wildman–Crippen MR) is 78.2 cm³/mol. The van der Waals surface area contributed by atoms with Crippen LogP contribution in [-0.4, -0.2) is 12.0 Å². The van der Waals surface area contributed by atoms with Gasteiger partial charge >= 0.3 is 0 Å². The molecule has 0 aliphatic carbocycles. The zero-order chi connectivity index (χ0) is 14.5. The summed E-state index contributed by atoms with van der Waals surface area (Å²) in [5.41, 5.74) is 2.66. The minimum absolute atomic E-state index is 0.0903. The van der Waals surface area contributed by atoms with E-state index < -0.39 is 0 Å². The van der Waals surface area contributed by atoms with Crippen LogP contribution in [0.1, 0.15) is 11.1 Å². The molecule has 0 saturated carbocycles. The Morgan fingerprint density at radius 2 is 2.00 bits per heavy atom. The maximum Gasteiger partial charge on any atom is 0.271 e. The summed E-state index contributed by atoms with van der Waals surface area (Å²) in [5.74, 6) is 0.794. The highest BCUT2D eigenvalue weighted by Gasteiger charge is 2.08. The summed E-state index contributed by atoms with van der Waals surface area (Å²) < 4.78 is 5.27. The molecule has 0 amide bonds. The molecule has 0 aliphatic rings. The Balaban J connectivity index is 2.16. The van der Waals surface area contributed by atoms with Crippen molar-refractivity contribution in [1.29, 1.82) is 0 Å². The molecule has 0 aromatic heterocycles. The van der Waals surface area contributed by atoms with E-state index >= 15 is 0 Å². The van der Waals surface area contributed by atoms with E-state index in [1.807, 2.05) is 37.3 Å². The number of nitro groups is 1. The molecule has 2 aromatic rings. The Hall–Kier alpha value is -2.56. The third kappa shape index (κ3) is 3.26. The monoisotopic (exact) mass is 272 g/mol. The lowest BCUT2D eigenvalue weighted by Gasteiger charge is -2.10. The Morgan fingerprint density at radius 3 is 2.70 bits per heavy atom. The molecule has 0 aliphatic heterocycles. The van der Waals surface area contributed by atoms with Crippen LogP contribution < -0.4 is 10.1 Å². The Labute approximate surface area is 117 Å². The van der Waals surface area contributed by atoms with E-state index in [1.54, 1.807) is 13.2 Å². The lowest BCUT2D eigenvalue weighted by Crippen LogP contribution is -2.02. The number of rotatable bonds is 5. The SMILES string of the molecule is COc1ccccc1CNc1cc(C)cc([N+](=O)[O-])c1. The van der Waals surface area contributed by atoms with Crippen molar-refractivity contribution in [2.75, 3.05) is 12.4 Å². The number of hydrogen-bond donors (Lipinski definition) is 1. The number of hydrogen-bond acceptors (Lipinski definition) is 4. The number of methoxy groups -OCH3 is 1. The van der Waals surface area contributed by atoms with Crippen LogP contribution in [0.25, 0.3) is 0 Å². The lowest BCUT2D eigenvalue weighted by atomic mass is 10.1. The van der Waals surface area contributed by atoms with Crippen LogP contribution in [0.5, 0.6) is 5.75 Å². The second-order valence-electron chi connectivity index (χ2n) is 4.48. The molecule has 2 aromatic carbocycles. The fraction of sp³-hybridized carbons (Fsp3) is 0.200. The highest BCUT2D eigenvalue weighted by molar-refractivity contribution is 5.54. The minimum Gasteiger partial charge on any atom is -0.496 e. The average molecular weight is 272 g/mol. The van der Waals surface area contributed by atoms with Crippen LogP contribution in [0.2, 0.25) is 0 Å². The van der Waals surface area contributed by atoms with Crippen molar-refractivity contribution in [3.05, 3.63) is 63.7 Å². The van der Waals surface area contributed by atoms with Crippen LogP contribution >= 0.6 is 0 Å². The number of non-ortho nitro benzene ring substituents is 1. The molecule has 2 rings (SSSR count). The number of nitrogens with one attached hydrogen (secondary N) is 1. The minimum atomic E-state index is -0.388. The highest BCUT2D eigenvalue weighted by Crippen LogP contribution is 2.23. The molecule has 0 spiro atoms. The molecule has 0 radical (unpaired) electrons. The number of anilines is 1. The largest absolute Gasteiger partial charge is 0.496 e. The smallest absolute Gasteiger partial charge is 0.271 e. The summed E-state index contributed by atoms with van der Waals surface area (Å²) in [4.78, 5) is 10.5. The highest BCUT2D eigenvalue weighted by atomic mass is 16.6. The van der Waals surface area contributed by atoms with Crippen molar-refractivity contribution in [3.63, 3.8) is 0 Å². The third-order valence-electron chi connectivity index (χ3n) is 2.95. The van der Waals surface area contributed by atoms with Gasteiger partial charge in [0.1, 0.15) is 5.75 Å². The van der Waals surface area contributed by atoms with Gasteiger partial charge in [0.2, 0.25) is 0 Å². The van der Waals surface area contributed by atoms with E-state index in [0.717, 1.165) is 22.6 Å². The van der Waals surface area contributed by atoms with Crippen LogP contribution in [0.4, 0.5) is 11.4 Å². The first-order chi connectivity index (χ1) is 9.60. The first-order valence-corrected chi connectivity index (χ1v) is 6.22. The van der Waals surface area contributed by atoms with Gasteiger partial charge in [0.15, 0.2) is 0 Å². The van der Waals surface area contributed by atoms with Gasteiger partial charge in [-0.25, -0.2) is 0 Å². The summed E-state index contributed by atoms with van der Waals surface area (Å²) in [5, 5.41) is 14.0. The van der Waals surface area contributed by atoms with E-state index in [2.05, 4.69) is 5.32 Å². The first kappa shape index (κ1) is 13.9. The summed E-state index contributed by atoms with van der Waals surface area (Å²) >= 11 is 0. The molecule has 0 unspecified atom stereocenters. The molecule has 0 saturated heterocycles. The second kappa shape index (κ2) is 6.06. The van der Waals surface area contributed by atoms with Gasteiger partial charge in [0.05, 0.1) is 12.0 Å². The summed E-state index contributed by atoms with van der Waals surface area (Å²) in [6.45, 7) is 2.38. The van der Waals surface area contributed by atoms with Gasteiger partial charge in [-0.15, -0.1) is 0 Å². The summed E-state index contributed by atoms with van der Waals surface area (Å²) in [6, 6.07) is 12.6. The van der Waals surface area contributed by atoms with Gasteiger partial charge < -0.3 is 10.1 Å².